The molecule has 1 aliphatic heterocycles. The van der Waals surface area contributed by atoms with Crippen molar-refractivity contribution in [3.05, 3.63) is 59.7 Å². The standard InChI is InChI=1S/C23H28N2O4/c1-17(2)18-4-6-19(7-5-18)23(27)25-14-12-24(13-15-25)22(26)16-29-21-10-8-20(28-3)9-11-21/h4-11,17H,12-16H2,1-3H3. The van der Waals surface area contributed by atoms with Gasteiger partial charge in [0.1, 0.15) is 11.5 Å². The van der Waals surface area contributed by atoms with Gasteiger partial charge in [0, 0.05) is 31.7 Å². The number of methoxy groups -OCH3 is 1. The van der Waals surface area contributed by atoms with E-state index in [1.807, 2.05) is 24.3 Å². The zero-order valence-corrected chi connectivity index (χ0v) is 17.3. The number of rotatable bonds is 6. The van der Waals surface area contributed by atoms with E-state index in [0.717, 1.165) is 5.75 Å². The van der Waals surface area contributed by atoms with Crippen LogP contribution >= 0.6 is 0 Å². The number of carbonyl (C=O) groups excluding carboxylic acids is 2. The van der Waals surface area contributed by atoms with Crippen LogP contribution in [0, 0.1) is 0 Å². The van der Waals surface area contributed by atoms with Crippen LogP contribution in [0.4, 0.5) is 0 Å². The van der Waals surface area contributed by atoms with Crippen molar-refractivity contribution >= 4 is 11.8 Å². The smallest absolute Gasteiger partial charge is 0.260 e. The second-order valence-corrected chi connectivity index (χ2v) is 7.41. The maximum Gasteiger partial charge on any atom is 0.260 e. The van der Waals surface area contributed by atoms with E-state index in [4.69, 9.17) is 9.47 Å². The highest BCUT2D eigenvalue weighted by atomic mass is 16.5. The van der Waals surface area contributed by atoms with E-state index in [-0.39, 0.29) is 18.4 Å². The van der Waals surface area contributed by atoms with Crippen LogP contribution in [0.15, 0.2) is 48.5 Å². The summed E-state index contributed by atoms with van der Waals surface area (Å²) in [5, 5.41) is 0. The third-order valence-electron chi connectivity index (χ3n) is 5.17. The maximum absolute atomic E-state index is 12.7. The first-order valence-corrected chi connectivity index (χ1v) is 9.92. The molecule has 0 saturated carbocycles. The number of carbonyl (C=O) groups is 2. The normalized spacial score (nSPS) is 14.1. The third kappa shape index (κ3) is 5.28. The van der Waals surface area contributed by atoms with E-state index in [1.54, 1.807) is 41.2 Å². The van der Waals surface area contributed by atoms with Gasteiger partial charge in [-0.1, -0.05) is 26.0 Å². The van der Waals surface area contributed by atoms with Crippen LogP contribution < -0.4 is 9.47 Å². The van der Waals surface area contributed by atoms with Gasteiger partial charge in [-0.15, -0.1) is 0 Å². The van der Waals surface area contributed by atoms with Gasteiger partial charge in [0.25, 0.3) is 11.8 Å². The van der Waals surface area contributed by atoms with Crippen molar-refractivity contribution in [3.63, 3.8) is 0 Å². The molecule has 6 heteroatoms. The summed E-state index contributed by atoms with van der Waals surface area (Å²) in [6.07, 6.45) is 0. The van der Waals surface area contributed by atoms with Gasteiger partial charge >= 0.3 is 0 Å². The lowest BCUT2D eigenvalue weighted by atomic mass is 10.0. The molecule has 2 aromatic rings. The number of nitrogens with zero attached hydrogens (tertiary/aromatic N) is 2. The fourth-order valence-electron chi connectivity index (χ4n) is 3.26. The van der Waals surface area contributed by atoms with Gasteiger partial charge in [-0.2, -0.15) is 0 Å². The fraction of sp³-hybridized carbons (Fsp3) is 0.391. The summed E-state index contributed by atoms with van der Waals surface area (Å²) in [7, 11) is 1.60. The molecule has 0 atom stereocenters. The zero-order valence-electron chi connectivity index (χ0n) is 17.3. The lowest BCUT2D eigenvalue weighted by Crippen LogP contribution is -2.51. The lowest BCUT2D eigenvalue weighted by Gasteiger charge is -2.34. The van der Waals surface area contributed by atoms with Gasteiger partial charge in [-0.05, 0) is 47.9 Å². The van der Waals surface area contributed by atoms with Gasteiger partial charge in [0.2, 0.25) is 0 Å². The first-order valence-electron chi connectivity index (χ1n) is 9.92. The average Bonchev–Trinajstić information content (AvgIpc) is 2.77. The van der Waals surface area contributed by atoms with Crippen molar-refractivity contribution in [2.75, 3.05) is 39.9 Å². The van der Waals surface area contributed by atoms with E-state index in [9.17, 15) is 9.59 Å². The highest BCUT2D eigenvalue weighted by Gasteiger charge is 2.25. The number of ether oxygens (including phenoxy) is 2. The molecule has 1 fully saturated rings. The molecule has 2 amide bonds. The van der Waals surface area contributed by atoms with Gasteiger partial charge in [0.05, 0.1) is 7.11 Å². The minimum Gasteiger partial charge on any atom is -0.497 e. The van der Waals surface area contributed by atoms with Crippen molar-refractivity contribution in [2.45, 2.75) is 19.8 Å². The Hall–Kier alpha value is -3.02. The summed E-state index contributed by atoms with van der Waals surface area (Å²) in [4.78, 5) is 28.7. The molecule has 0 unspecified atom stereocenters. The number of piperazine rings is 1. The van der Waals surface area contributed by atoms with Gasteiger partial charge < -0.3 is 19.3 Å². The number of hydrogen-bond acceptors (Lipinski definition) is 4. The van der Waals surface area contributed by atoms with Gasteiger partial charge in [-0.25, -0.2) is 0 Å². The van der Waals surface area contributed by atoms with E-state index < -0.39 is 0 Å². The predicted molar refractivity (Wildman–Crippen MR) is 112 cm³/mol. The molecule has 29 heavy (non-hydrogen) atoms. The van der Waals surface area contributed by atoms with Crippen molar-refractivity contribution < 1.29 is 19.1 Å². The molecular weight excluding hydrogens is 368 g/mol. The van der Waals surface area contributed by atoms with Crippen molar-refractivity contribution in [1.29, 1.82) is 0 Å². The molecule has 0 N–H and O–H groups in total. The van der Waals surface area contributed by atoms with Crippen molar-refractivity contribution in [1.82, 2.24) is 9.80 Å². The molecule has 0 bridgehead atoms. The quantitative estimate of drug-likeness (QED) is 0.753. The minimum atomic E-state index is -0.0748. The average molecular weight is 396 g/mol. The molecule has 6 nitrogen and oxygen atoms in total. The Morgan fingerprint density at radius 2 is 1.41 bits per heavy atom. The number of hydrogen-bond donors (Lipinski definition) is 0. The van der Waals surface area contributed by atoms with E-state index in [0.29, 0.717) is 43.4 Å². The molecule has 1 saturated heterocycles. The fourth-order valence-corrected chi connectivity index (χ4v) is 3.26. The summed E-state index contributed by atoms with van der Waals surface area (Å²) in [6, 6.07) is 14.9. The molecule has 154 valence electrons. The largest absolute Gasteiger partial charge is 0.497 e. The predicted octanol–water partition coefficient (Wildman–Crippen LogP) is 3.18. The van der Waals surface area contributed by atoms with Crippen molar-refractivity contribution in [2.24, 2.45) is 0 Å². The van der Waals surface area contributed by atoms with Gasteiger partial charge in [-0.3, -0.25) is 9.59 Å². The Morgan fingerprint density at radius 1 is 0.862 bits per heavy atom. The van der Waals surface area contributed by atoms with Crippen LogP contribution in [-0.2, 0) is 4.79 Å². The second kappa shape index (κ2) is 9.45. The summed E-state index contributed by atoms with van der Waals surface area (Å²) >= 11 is 0. The Kier molecular flexibility index (Phi) is 6.75. The molecule has 1 heterocycles. The Balaban J connectivity index is 1.47. The number of amides is 2. The Bertz CT molecular complexity index is 823. The molecular formula is C23H28N2O4. The summed E-state index contributed by atoms with van der Waals surface area (Å²) in [6.45, 7) is 6.33. The molecule has 0 aliphatic carbocycles. The SMILES string of the molecule is COc1ccc(OCC(=O)N2CCN(C(=O)c3ccc(C(C)C)cc3)CC2)cc1. The molecule has 0 spiro atoms. The van der Waals surface area contributed by atoms with Crippen LogP contribution in [0.2, 0.25) is 0 Å². The first kappa shape index (κ1) is 20.7. The first-order chi connectivity index (χ1) is 14.0. The van der Waals surface area contributed by atoms with Crippen LogP contribution in [0.1, 0.15) is 35.7 Å². The van der Waals surface area contributed by atoms with Gasteiger partial charge in [0.15, 0.2) is 6.61 Å². The minimum absolute atomic E-state index is 0.0156. The maximum atomic E-state index is 12.7. The zero-order chi connectivity index (χ0) is 20.8. The second-order valence-electron chi connectivity index (χ2n) is 7.41. The van der Waals surface area contributed by atoms with Crippen LogP contribution in [0.25, 0.3) is 0 Å². The molecule has 3 rings (SSSR count). The lowest BCUT2D eigenvalue weighted by molar-refractivity contribution is -0.134. The van der Waals surface area contributed by atoms with E-state index in [2.05, 4.69) is 13.8 Å². The molecule has 1 aliphatic rings. The molecule has 0 radical (unpaired) electrons. The van der Waals surface area contributed by atoms with E-state index >= 15 is 0 Å². The monoisotopic (exact) mass is 396 g/mol. The highest BCUT2D eigenvalue weighted by molar-refractivity contribution is 5.94. The molecule has 2 aromatic carbocycles. The third-order valence-corrected chi connectivity index (χ3v) is 5.17. The van der Waals surface area contributed by atoms with Crippen LogP contribution in [0.3, 0.4) is 0 Å². The Morgan fingerprint density at radius 3 is 1.97 bits per heavy atom. The highest BCUT2D eigenvalue weighted by Crippen LogP contribution is 2.18. The summed E-state index contributed by atoms with van der Waals surface area (Å²) in [5.41, 5.74) is 1.91. The Labute approximate surface area is 172 Å². The topological polar surface area (TPSA) is 59.1 Å². The number of benzene rings is 2. The van der Waals surface area contributed by atoms with Crippen LogP contribution in [0.5, 0.6) is 11.5 Å². The van der Waals surface area contributed by atoms with Crippen molar-refractivity contribution in [3.8, 4) is 11.5 Å². The van der Waals surface area contributed by atoms with Crippen LogP contribution in [-0.4, -0.2) is 61.5 Å². The summed E-state index contributed by atoms with van der Waals surface area (Å²) < 4.78 is 10.7. The van der Waals surface area contributed by atoms with E-state index in [1.165, 1.54) is 5.56 Å². The summed E-state index contributed by atoms with van der Waals surface area (Å²) in [5.74, 6) is 1.74. The molecule has 0 aromatic heterocycles.